The van der Waals surface area contributed by atoms with Crippen LogP contribution in [0.25, 0.3) is 0 Å². The third-order valence-electron chi connectivity index (χ3n) is 0.722. The maximum atomic E-state index is 10.3. The Labute approximate surface area is 55.2 Å². The van der Waals surface area contributed by atoms with Crippen molar-refractivity contribution in [3.05, 3.63) is 0 Å². The molecular weight excluding hydrogens is 118 g/mol. The van der Waals surface area contributed by atoms with Crippen LogP contribution < -0.4 is 5.73 Å². The molecule has 3 heteroatoms. The number of nitrogens with one attached hydrogen (secondary N) is 1. The van der Waals surface area contributed by atoms with Crippen LogP contribution in [0.1, 0.15) is 13.8 Å². The zero-order chi connectivity index (χ0) is 7.28. The van der Waals surface area contributed by atoms with Crippen molar-refractivity contribution in [3.63, 3.8) is 0 Å². The lowest BCUT2D eigenvalue weighted by Crippen LogP contribution is -2.13. The lowest BCUT2D eigenvalue weighted by atomic mass is 10.2. The van der Waals surface area contributed by atoms with Crippen molar-refractivity contribution >= 4 is 5.97 Å². The first-order valence-electron chi connectivity index (χ1n) is 2.97. The lowest BCUT2D eigenvalue weighted by Gasteiger charge is -2.03. The van der Waals surface area contributed by atoms with E-state index >= 15 is 0 Å². The van der Waals surface area contributed by atoms with E-state index < -0.39 is 5.97 Å². The van der Waals surface area contributed by atoms with E-state index in [2.05, 4.69) is 4.74 Å². The molecule has 0 aromatic heterocycles. The Balaban J connectivity index is 3.17. The SMILES string of the molecule is CC(C)COC(=O)C[NH]. The Morgan fingerprint density at radius 1 is 1.67 bits per heavy atom. The van der Waals surface area contributed by atoms with Crippen molar-refractivity contribution < 1.29 is 9.53 Å². The lowest BCUT2D eigenvalue weighted by molar-refractivity contribution is -0.143. The molecule has 0 aromatic carbocycles. The summed E-state index contributed by atoms with van der Waals surface area (Å²) in [5.74, 6) is -0.0794. The van der Waals surface area contributed by atoms with Crippen LogP contribution >= 0.6 is 0 Å². The molecule has 0 unspecified atom stereocenters. The van der Waals surface area contributed by atoms with E-state index in [0.717, 1.165) is 0 Å². The second kappa shape index (κ2) is 4.32. The van der Waals surface area contributed by atoms with Gasteiger partial charge in [-0.3, -0.25) is 4.79 Å². The van der Waals surface area contributed by atoms with Gasteiger partial charge in [-0.1, -0.05) is 13.8 Å². The Kier molecular flexibility index (Phi) is 4.05. The first-order valence-corrected chi connectivity index (χ1v) is 2.97. The van der Waals surface area contributed by atoms with Crippen LogP contribution in [-0.2, 0) is 9.53 Å². The molecule has 0 saturated carbocycles. The second-order valence-electron chi connectivity index (χ2n) is 2.25. The quantitative estimate of drug-likeness (QED) is 0.521. The molecule has 0 rings (SSSR count). The van der Waals surface area contributed by atoms with Gasteiger partial charge in [0.1, 0.15) is 6.54 Å². The van der Waals surface area contributed by atoms with Crippen molar-refractivity contribution in [3.8, 4) is 0 Å². The minimum Gasteiger partial charge on any atom is -0.464 e. The Bertz CT molecular complexity index is 91.1. The summed E-state index contributed by atoms with van der Waals surface area (Å²) >= 11 is 0. The summed E-state index contributed by atoms with van der Waals surface area (Å²) in [4.78, 5) is 10.3. The van der Waals surface area contributed by atoms with E-state index in [1.807, 2.05) is 13.8 Å². The minimum absolute atomic E-state index is 0.271. The highest BCUT2D eigenvalue weighted by Crippen LogP contribution is 1.91. The Hall–Kier alpha value is -0.570. The van der Waals surface area contributed by atoms with Crippen LogP contribution in [0.2, 0.25) is 0 Å². The van der Waals surface area contributed by atoms with Gasteiger partial charge in [0.2, 0.25) is 0 Å². The van der Waals surface area contributed by atoms with Crippen LogP contribution in [-0.4, -0.2) is 19.1 Å². The van der Waals surface area contributed by atoms with Gasteiger partial charge in [-0.25, -0.2) is 5.73 Å². The molecule has 0 amide bonds. The van der Waals surface area contributed by atoms with Gasteiger partial charge in [0.05, 0.1) is 6.61 Å². The number of ether oxygens (including phenoxy) is 1. The van der Waals surface area contributed by atoms with Gasteiger partial charge in [-0.2, -0.15) is 0 Å². The van der Waals surface area contributed by atoms with Gasteiger partial charge in [-0.15, -0.1) is 0 Å². The van der Waals surface area contributed by atoms with E-state index in [9.17, 15) is 4.79 Å². The smallest absolute Gasteiger partial charge is 0.321 e. The van der Waals surface area contributed by atoms with E-state index in [-0.39, 0.29) is 6.54 Å². The summed E-state index contributed by atoms with van der Waals surface area (Å²) in [5.41, 5.74) is 6.58. The Morgan fingerprint density at radius 3 is 2.56 bits per heavy atom. The van der Waals surface area contributed by atoms with Gasteiger partial charge in [0, 0.05) is 0 Å². The maximum Gasteiger partial charge on any atom is 0.321 e. The average molecular weight is 130 g/mol. The molecule has 0 spiro atoms. The highest BCUT2D eigenvalue weighted by Gasteiger charge is 1.99. The normalized spacial score (nSPS) is 9.78. The molecule has 0 atom stereocenters. The molecule has 3 nitrogen and oxygen atoms in total. The topological polar surface area (TPSA) is 50.1 Å². The number of hydrogen-bond donors (Lipinski definition) is 0. The summed E-state index contributed by atoms with van der Waals surface area (Å²) in [6.07, 6.45) is 0. The molecule has 53 valence electrons. The molecule has 9 heavy (non-hydrogen) atoms. The highest BCUT2D eigenvalue weighted by molar-refractivity contribution is 5.71. The predicted octanol–water partition coefficient (Wildman–Crippen LogP) is 0.468. The van der Waals surface area contributed by atoms with Crippen molar-refractivity contribution in [1.29, 1.82) is 0 Å². The van der Waals surface area contributed by atoms with Crippen LogP contribution in [0.15, 0.2) is 0 Å². The summed E-state index contributed by atoms with van der Waals surface area (Å²) in [7, 11) is 0. The summed E-state index contributed by atoms with van der Waals surface area (Å²) < 4.78 is 4.63. The molecule has 1 N–H and O–H groups in total. The fourth-order valence-electron chi connectivity index (χ4n) is 0.311. The summed E-state index contributed by atoms with van der Waals surface area (Å²) in [6.45, 7) is 4.07. The summed E-state index contributed by atoms with van der Waals surface area (Å²) in [6, 6.07) is 0. The predicted molar refractivity (Wildman–Crippen MR) is 33.8 cm³/mol. The van der Waals surface area contributed by atoms with Crippen LogP contribution in [0.5, 0.6) is 0 Å². The van der Waals surface area contributed by atoms with Crippen molar-refractivity contribution in [1.82, 2.24) is 5.73 Å². The molecule has 0 fully saturated rings. The standard InChI is InChI=1S/C6H12NO2/c1-5(2)4-9-6(8)3-7/h5,7H,3-4H2,1-2H3. The van der Waals surface area contributed by atoms with E-state index in [0.29, 0.717) is 12.5 Å². The molecule has 0 bridgehead atoms. The molecule has 0 heterocycles. The monoisotopic (exact) mass is 130 g/mol. The number of hydrogen-bond acceptors (Lipinski definition) is 2. The highest BCUT2D eigenvalue weighted by atomic mass is 16.5. The van der Waals surface area contributed by atoms with Gasteiger partial charge in [0.15, 0.2) is 0 Å². The van der Waals surface area contributed by atoms with Crippen LogP contribution in [0.3, 0.4) is 0 Å². The molecule has 0 aromatic rings. The molecular formula is C6H12NO2. The number of carbonyl (C=O) groups excluding carboxylic acids is 1. The van der Waals surface area contributed by atoms with Crippen molar-refractivity contribution in [2.75, 3.05) is 13.2 Å². The van der Waals surface area contributed by atoms with Crippen LogP contribution in [0, 0.1) is 5.92 Å². The van der Waals surface area contributed by atoms with E-state index in [1.165, 1.54) is 0 Å². The van der Waals surface area contributed by atoms with Gasteiger partial charge < -0.3 is 4.74 Å². The Morgan fingerprint density at radius 2 is 2.22 bits per heavy atom. The third-order valence-corrected chi connectivity index (χ3v) is 0.722. The molecule has 1 radical (unpaired) electrons. The fraction of sp³-hybridized carbons (Fsp3) is 0.833. The second-order valence-corrected chi connectivity index (χ2v) is 2.25. The maximum absolute atomic E-state index is 10.3. The number of rotatable bonds is 3. The van der Waals surface area contributed by atoms with Gasteiger partial charge >= 0.3 is 5.97 Å². The minimum atomic E-state index is -0.441. The molecule has 0 aliphatic rings. The third kappa shape index (κ3) is 5.30. The summed E-state index contributed by atoms with van der Waals surface area (Å²) in [5, 5.41) is 0. The number of esters is 1. The van der Waals surface area contributed by atoms with Gasteiger partial charge in [-0.05, 0) is 5.92 Å². The van der Waals surface area contributed by atoms with E-state index in [4.69, 9.17) is 5.73 Å². The molecule has 0 saturated heterocycles. The average Bonchev–Trinajstić information content (AvgIpc) is 1.83. The van der Waals surface area contributed by atoms with Gasteiger partial charge in [0.25, 0.3) is 0 Å². The van der Waals surface area contributed by atoms with Crippen molar-refractivity contribution in [2.24, 2.45) is 5.92 Å². The molecule has 0 aliphatic heterocycles. The zero-order valence-corrected chi connectivity index (χ0v) is 5.81. The largest absolute Gasteiger partial charge is 0.464 e. The fourth-order valence-corrected chi connectivity index (χ4v) is 0.311. The molecule has 0 aliphatic carbocycles. The zero-order valence-electron chi connectivity index (χ0n) is 5.81. The first-order chi connectivity index (χ1) is 4.16. The van der Waals surface area contributed by atoms with E-state index in [1.54, 1.807) is 0 Å². The van der Waals surface area contributed by atoms with Crippen molar-refractivity contribution in [2.45, 2.75) is 13.8 Å². The first kappa shape index (κ1) is 8.43. The number of carbonyl (C=O) groups is 1. The van der Waals surface area contributed by atoms with Crippen LogP contribution in [0.4, 0.5) is 0 Å².